The van der Waals surface area contributed by atoms with Crippen molar-refractivity contribution in [1.29, 1.82) is 0 Å². The fourth-order valence-corrected chi connectivity index (χ4v) is 11.3. The summed E-state index contributed by atoms with van der Waals surface area (Å²) in [6.45, 7) is 23.7. The highest BCUT2D eigenvalue weighted by atomic mass is 15.0. The van der Waals surface area contributed by atoms with E-state index in [4.69, 9.17) is 0 Å². The van der Waals surface area contributed by atoms with Crippen molar-refractivity contribution in [2.24, 2.45) is 0 Å². The zero-order valence-electron chi connectivity index (χ0n) is 37.5. The molecular formula is C57H59BN2. The number of aromatic nitrogens is 2. The maximum atomic E-state index is 2.82. The van der Waals surface area contributed by atoms with E-state index in [-0.39, 0.29) is 23.1 Å². The molecule has 300 valence electrons. The molecule has 11 rings (SSSR count). The highest BCUT2D eigenvalue weighted by Crippen LogP contribution is 2.51. The highest BCUT2D eigenvalue weighted by Gasteiger charge is 2.44. The van der Waals surface area contributed by atoms with Crippen LogP contribution in [0.3, 0.4) is 0 Å². The molecule has 1 saturated carbocycles. The van der Waals surface area contributed by atoms with Gasteiger partial charge in [-0.1, -0.05) is 154 Å². The molecule has 2 nitrogen and oxygen atoms in total. The number of aryl methyl sites for hydroxylation is 1. The average Bonchev–Trinajstić information content (AvgIpc) is 3.74. The van der Waals surface area contributed by atoms with E-state index in [2.05, 4.69) is 187 Å². The summed E-state index contributed by atoms with van der Waals surface area (Å²) in [4.78, 5) is 0. The quantitative estimate of drug-likeness (QED) is 0.158. The Balaban J connectivity index is 1.39. The third-order valence-corrected chi connectivity index (χ3v) is 14.7. The van der Waals surface area contributed by atoms with Crippen molar-refractivity contribution in [1.82, 2.24) is 9.05 Å². The summed E-state index contributed by atoms with van der Waals surface area (Å²) in [5.41, 5.74) is 23.4. The van der Waals surface area contributed by atoms with E-state index in [1.165, 1.54) is 143 Å². The van der Waals surface area contributed by atoms with Crippen LogP contribution in [0.4, 0.5) is 0 Å². The van der Waals surface area contributed by atoms with Gasteiger partial charge < -0.3 is 9.05 Å². The van der Waals surface area contributed by atoms with Crippen LogP contribution in [0.2, 0.25) is 0 Å². The lowest BCUT2D eigenvalue weighted by Crippen LogP contribution is -2.56. The maximum absolute atomic E-state index is 2.82. The molecule has 4 heterocycles. The summed E-state index contributed by atoms with van der Waals surface area (Å²) in [6, 6.07) is 43.4. The Morgan fingerprint density at radius 2 is 1.20 bits per heavy atom. The lowest BCUT2D eigenvalue weighted by Gasteiger charge is -2.37. The number of hydrogen-bond donors (Lipinski definition) is 0. The van der Waals surface area contributed by atoms with Crippen LogP contribution in [0.15, 0.2) is 109 Å². The summed E-state index contributed by atoms with van der Waals surface area (Å²) in [5.74, 6) is 0.575. The van der Waals surface area contributed by atoms with Crippen LogP contribution in [0.1, 0.15) is 128 Å². The SMILES string of the molecule is Cc1ccccc1-c1c(-c2ccccc2)n2c3c(cc(C(C)(C)C)cc13)-c1cc(C3CCCCC3)cc3c1B2c1cc(C(C)(C)C)cc2c4cc(C(C)(C)C)ccc4n-3c12. The molecule has 0 spiro atoms. The minimum Gasteiger partial charge on any atom is -0.375 e. The molecule has 2 aliphatic heterocycles. The maximum Gasteiger partial charge on any atom is 0.333 e. The molecule has 0 N–H and O–H groups in total. The topological polar surface area (TPSA) is 9.86 Å². The molecule has 0 saturated heterocycles. The molecule has 0 amide bonds. The van der Waals surface area contributed by atoms with Crippen molar-refractivity contribution < 1.29 is 0 Å². The standard InChI is InChI=1S/C57H59BN2/c1-34-19-17-18-24-41(34)50-46-32-39(56(5,6)7)30-45-43-27-37(35-20-13-11-14-21-35)28-49-51(43)58(60(53(45)46)52(50)36-22-15-12-16-23-36)47-33-40(57(8,9)10)31-44-42-29-38(55(2,3)4)25-26-48(42)59(49)54(44)47/h12,15-19,22-33,35H,11,13-14,20-21H2,1-10H3. The van der Waals surface area contributed by atoms with Crippen LogP contribution in [0.5, 0.6) is 0 Å². The molecule has 2 aromatic heterocycles. The Labute approximate surface area is 357 Å². The monoisotopic (exact) mass is 782 g/mol. The van der Waals surface area contributed by atoms with E-state index in [1.807, 2.05) is 0 Å². The molecule has 0 atom stereocenters. The highest BCUT2D eigenvalue weighted by molar-refractivity contribution is 6.90. The van der Waals surface area contributed by atoms with Gasteiger partial charge in [0.1, 0.15) is 0 Å². The number of benzene rings is 6. The summed E-state index contributed by atoms with van der Waals surface area (Å²) < 4.78 is 5.54. The molecule has 3 heteroatoms. The van der Waals surface area contributed by atoms with Crippen LogP contribution in [-0.2, 0) is 16.2 Å². The van der Waals surface area contributed by atoms with Gasteiger partial charge in [-0.2, -0.15) is 0 Å². The van der Waals surface area contributed by atoms with Gasteiger partial charge in [-0.05, 0) is 134 Å². The first-order chi connectivity index (χ1) is 28.6. The normalized spacial score (nSPS) is 15.4. The minimum absolute atomic E-state index is 0.0115. The van der Waals surface area contributed by atoms with E-state index < -0.39 is 0 Å². The largest absolute Gasteiger partial charge is 0.375 e. The predicted molar refractivity (Wildman–Crippen MR) is 260 cm³/mol. The number of nitrogens with zero attached hydrogens (tertiary/aromatic N) is 2. The first kappa shape index (κ1) is 37.7. The van der Waals surface area contributed by atoms with Gasteiger partial charge in [0, 0.05) is 44.2 Å². The van der Waals surface area contributed by atoms with E-state index >= 15 is 0 Å². The van der Waals surface area contributed by atoms with Gasteiger partial charge in [-0.15, -0.1) is 0 Å². The van der Waals surface area contributed by atoms with Crippen molar-refractivity contribution >= 4 is 50.5 Å². The van der Waals surface area contributed by atoms with Crippen molar-refractivity contribution in [2.75, 3.05) is 0 Å². The molecule has 3 aliphatic rings. The van der Waals surface area contributed by atoms with Crippen LogP contribution in [0.25, 0.3) is 71.9 Å². The lowest BCUT2D eigenvalue weighted by atomic mass is 9.45. The number of rotatable bonds is 3. The fourth-order valence-electron chi connectivity index (χ4n) is 11.3. The van der Waals surface area contributed by atoms with Gasteiger partial charge in [0.25, 0.3) is 0 Å². The van der Waals surface area contributed by atoms with Gasteiger partial charge in [0.2, 0.25) is 0 Å². The zero-order chi connectivity index (χ0) is 41.6. The lowest BCUT2D eigenvalue weighted by molar-refractivity contribution is 0.443. The van der Waals surface area contributed by atoms with Gasteiger partial charge in [-0.25, -0.2) is 0 Å². The predicted octanol–water partition coefficient (Wildman–Crippen LogP) is 14.3. The van der Waals surface area contributed by atoms with E-state index in [9.17, 15) is 0 Å². The molecule has 1 aliphatic carbocycles. The second-order valence-corrected chi connectivity index (χ2v) is 21.7. The molecular weight excluding hydrogens is 723 g/mol. The van der Waals surface area contributed by atoms with Crippen LogP contribution in [0, 0.1) is 6.92 Å². The Kier molecular flexibility index (Phi) is 8.09. The zero-order valence-corrected chi connectivity index (χ0v) is 37.5. The minimum atomic E-state index is -0.0393. The Morgan fingerprint density at radius 1 is 0.550 bits per heavy atom. The van der Waals surface area contributed by atoms with Crippen LogP contribution in [-0.4, -0.2) is 15.9 Å². The molecule has 1 fully saturated rings. The molecule has 0 radical (unpaired) electrons. The molecule has 0 unspecified atom stereocenters. The van der Waals surface area contributed by atoms with E-state index in [1.54, 1.807) is 0 Å². The van der Waals surface area contributed by atoms with Crippen molar-refractivity contribution in [3.05, 3.63) is 137 Å². The number of fused-ring (bicyclic) bond motifs is 7. The summed E-state index contributed by atoms with van der Waals surface area (Å²) >= 11 is 0. The van der Waals surface area contributed by atoms with Gasteiger partial charge in [-0.3, -0.25) is 0 Å². The molecule has 60 heavy (non-hydrogen) atoms. The van der Waals surface area contributed by atoms with Crippen molar-refractivity contribution in [3.63, 3.8) is 0 Å². The molecule has 6 aromatic carbocycles. The Bertz CT molecular complexity index is 3070. The summed E-state index contributed by atoms with van der Waals surface area (Å²) in [7, 11) is 0. The second-order valence-electron chi connectivity index (χ2n) is 21.7. The van der Waals surface area contributed by atoms with Gasteiger partial charge in [0.05, 0.1) is 11.0 Å². The third-order valence-electron chi connectivity index (χ3n) is 14.7. The van der Waals surface area contributed by atoms with Crippen LogP contribution < -0.4 is 10.9 Å². The molecule has 8 aromatic rings. The Morgan fingerprint density at radius 3 is 1.90 bits per heavy atom. The van der Waals surface area contributed by atoms with Crippen molar-refractivity contribution in [3.8, 4) is 39.2 Å². The van der Waals surface area contributed by atoms with Crippen LogP contribution >= 0.6 is 0 Å². The van der Waals surface area contributed by atoms with Gasteiger partial charge in [0.15, 0.2) is 0 Å². The summed E-state index contributed by atoms with van der Waals surface area (Å²) in [5, 5.41) is 4.12. The van der Waals surface area contributed by atoms with E-state index in [0.717, 1.165) is 0 Å². The van der Waals surface area contributed by atoms with Gasteiger partial charge >= 0.3 is 6.85 Å². The fraction of sp³-hybridized carbons (Fsp3) is 0.333. The third kappa shape index (κ3) is 5.46. The van der Waals surface area contributed by atoms with E-state index in [0.29, 0.717) is 5.92 Å². The smallest absolute Gasteiger partial charge is 0.333 e. The summed E-state index contributed by atoms with van der Waals surface area (Å²) in [6.07, 6.45) is 6.53. The first-order valence-corrected chi connectivity index (χ1v) is 22.7. The Hall–Kier alpha value is -5.28. The average molecular weight is 783 g/mol. The number of hydrogen-bond acceptors (Lipinski definition) is 0. The first-order valence-electron chi connectivity index (χ1n) is 22.7. The molecule has 0 bridgehead atoms. The van der Waals surface area contributed by atoms with Crippen molar-refractivity contribution in [2.45, 2.75) is 124 Å². The second kappa shape index (κ2) is 12.9.